The molecule has 3 aromatic rings. The number of halogens is 9. The van der Waals surface area contributed by atoms with Crippen molar-refractivity contribution in [2.45, 2.75) is 56.4 Å². The highest BCUT2D eigenvalue weighted by Crippen LogP contribution is 2.43. The van der Waals surface area contributed by atoms with Crippen LogP contribution in [0.15, 0.2) is 48.5 Å². The number of carbonyl (C=O) groups excluding carboxylic acids is 1. The summed E-state index contributed by atoms with van der Waals surface area (Å²) >= 11 is 0. The summed E-state index contributed by atoms with van der Waals surface area (Å²) in [6.07, 6.45) is -7.76. The number of methoxy groups -OCH3 is 1. The monoisotopic (exact) mass is 766 g/mol. The summed E-state index contributed by atoms with van der Waals surface area (Å²) < 4.78 is 151. The van der Waals surface area contributed by atoms with Crippen molar-refractivity contribution in [1.82, 2.24) is 4.58 Å². The predicted molar refractivity (Wildman–Crippen MR) is 169 cm³/mol. The highest BCUT2D eigenvalue weighted by Gasteiger charge is 2.37. The first-order valence-corrected chi connectivity index (χ1v) is 17.3. The molecule has 0 saturated carbocycles. The van der Waals surface area contributed by atoms with Gasteiger partial charge in [-0.15, -0.1) is 0 Å². The van der Waals surface area contributed by atoms with Crippen molar-refractivity contribution < 1.29 is 66.8 Å². The molecule has 3 aromatic carbocycles. The van der Waals surface area contributed by atoms with Crippen molar-refractivity contribution in [2.24, 2.45) is 0 Å². The molecule has 0 aliphatic carbocycles. The van der Waals surface area contributed by atoms with Crippen molar-refractivity contribution in [3.8, 4) is 11.5 Å². The third-order valence-electron chi connectivity index (χ3n) is 8.77. The van der Waals surface area contributed by atoms with E-state index in [-0.39, 0.29) is 13.1 Å². The maximum atomic E-state index is 13.1. The van der Waals surface area contributed by atoms with Gasteiger partial charge in [-0.3, -0.25) is 0 Å². The molecule has 18 heteroatoms. The zero-order chi connectivity index (χ0) is 38.2. The van der Waals surface area contributed by atoms with E-state index in [1.165, 1.54) is 7.11 Å². The number of ether oxygens (including phenoxy) is 2. The van der Waals surface area contributed by atoms with E-state index in [1.54, 1.807) is 39.8 Å². The molecular weight excluding hydrogens is 735 g/mol. The number of aryl methyl sites for hydroxylation is 2. The lowest BCUT2D eigenvalue weighted by atomic mass is 9.86. The third-order valence-corrected chi connectivity index (χ3v) is 9.33. The summed E-state index contributed by atoms with van der Waals surface area (Å²) in [6.45, 7) is 0.578. The van der Waals surface area contributed by atoms with Gasteiger partial charge in [-0.2, -0.15) is 39.5 Å². The molecular formula is C34H31F9N2O6S. The summed E-state index contributed by atoms with van der Waals surface area (Å²) in [5.74, 6) is 0.278. The van der Waals surface area contributed by atoms with Crippen molar-refractivity contribution >= 4 is 27.3 Å². The van der Waals surface area contributed by atoms with Gasteiger partial charge in [-0.05, 0) is 48.6 Å². The number of rotatable bonds is 6. The van der Waals surface area contributed by atoms with E-state index in [1.807, 2.05) is 18.2 Å². The van der Waals surface area contributed by atoms with Crippen LogP contribution in [0.1, 0.15) is 58.3 Å². The van der Waals surface area contributed by atoms with Gasteiger partial charge >= 0.3 is 23.8 Å². The molecule has 0 atom stereocenters. The quantitative estimate of drug-likeness (QED) is 0.0785. The maximum absolute atomic E-state index is 13.1. The molecule has 0 unspecified atom stereocenters. The molecule has 0 bridgehead atoms. The topological polar surface area (TPSA) is 99.0 Å². The van der Waals surface area contributed by atoms with Crippen molar-refractivity contribution in [3.05, 3.63) is 86.9 Å². The van der Waals surface area contributed by atoms with E-state index >= 15 is 0 Å². The number of esters is 1. The lowest BCUT2D eigenvalue weighted by Crippen LogP contribution is -2.40. The Balaban J connectivity index is 0.000000587. The molecule has 52 heavy (non-hydrogen) atoms. The largest absolute Gasteiger partial charge is 0.741 e. The Morgan fingerprint density at radius 2 is 1.54 bits per heavy atom. The van der Waals surface area contributed by atoms with Crippen molar-refractivity contribution in [1.29, 1.82) is 0 Å². The molecule has 282 valence electrons. The van der Waals surface area contributed by atoms with Crippen LogP contribution in [0, 0.1) is 0 Å². The average molecular weight is 767 g/mol. The van der Waals surface area contributed by atoms with Gasteiger partial charge in [-0.25, -0.2) is 17.8 Å². The Hall–Kier alpha value is -4.32. The fourth-order valence-corrected chi connectivity index (χ4v) is 6.47. The van der Waals surface area contributed by atoms with Crippen LogP contribution >= 0.6 is 0 Å². The third kappa shape index (κ3) is 8.82. The van der Waals surface area contributed by atoms with Crippen LogP contribution in [0.3, 0.4) is 0 Å². The van der Waals surface area contributed by atoms with Crippen LogP contribution < -0.4 is 24.8 Å². The number of carbonyl (C=O) groups is 1. The highest BCUT2D eigenvalue weighted by molar-refractivity contribution is 7.86. The number of fused-ring (bicyclic) bond motifs is 4. The Bertz CT molecular complexity index is 2100. The molecule has 8 nitrogen and oxygen atoms in total. The number of nitrogens with zero attached hydrogens (tertiary/aromatic N) is 2. The zero-order valence-corrected chi connectivity index (χ0v) is 28.2. The van der Waals surface area contributed by atoms with E-state index in [9.17, 15) is 44.3 Å². The number of hydrogen-bond acceptors (Lipinski definition) is 7. The van der Waals surface area contributed by atoms with Gasteiger partial charge in [0.15, 0.2) is 16.7 Å². The van der Waals surface area contributed by atoms with E-state index in [0.29, 0.717) is 88.8 Å². The fraction of sp³-hybridized carbons (Fsp3) is 0.412. The Kier molecular flexibility index (Phi) is 10.9. The summed E-state index contributed by atoms with van der Waals surface area (Å²) in [4.78, 5) is 14.6. The summed E-state index contributed by atoms with van der Waals surface area (Å²) in [5, 5.41) is 1.35. The Morgan fingerprint density at radius 3 is 2.17 bits per heavy atom. The molecule has 0 radical (unpaired) electrons. The highest BCUT2D eigenvalue weighted by atomic mass is 32.2. The predicted octanol–water partition coefficient (Wildman–Crippen LogP) is 5.97. The van der Waals surface area contributed by atoms with E-state index < -0.39 is 46.8 Å². The molecule has 0 amide bonds. The molecule has 0 saturated heterocycles. The second-order valence-corrected chi connectivity index (χ2v) is 13.7. The number of hydrogen-bond donors (Lipinski definition) is 0. The molecule has 3 aliphatic rings. The minimum atomic E-state index is -6.09. The summed E-state index contributed by atoms with van der Waals surface area (Å²) in [5.41, 5.74) is -0.900. The second kappa shape index (κ2) is 14.6. The zero-order valence-electron chi connectivity index (χ0n) is 27.3. The molecule has 0 aromatic heterocycles. The lowest BCUT2D eigenvalue weighted by molar-refractivity contribution is -0.134. The first-order chi connectivity index (χ1) is 24.2. The minimum Gasteiger partial charge on any atom is -0.741 e. The maximum Gasteiger partial charge on any atom is 0.485 e. The number of alkyl halides is 9. The van der Waals surface area contributed by atoms with E-state index in [0.717, 1.165) is 11.1 Å². The SMILES string of the molecule is COC(=O)c1ccccc1C1=c2cc3c(cc2Oc2cc4c(cc21)CCCN4CCC(F)(F)F)=[N+](CCC(F)(F)F)CCC3.O=S(=O)([O-])C(F)(F)F. The van der Waals surface area contributed by atoms with Gasteiger partial charge in [0.2, 0.25) is 5.36 Å². The minimum absolute atomic E-state index is 0.185. The van der Waals surface area contributed by atoms with Crippen LogP contribution in [-0.2, 0) is 27.7 Å². The summed E-state index contributed by atoms with van der Waals surface area (Å²) in [7, 11) is -4.79. The van der Waals surface area contributed by atoms with E-state index in [4.69, 9.17) is 22.4 Å². The van der Waals surface area contributed by atoms with Gasteiger partial charge in [-0.1, -0.05) is 18.2 Å². The van der Waals surface area contributed by atoms with Gasteiger partial charge < -0.3 is 18.9 Å². The summed E-state index contributed by atoms with van der Waals surface area (Å²) in [6, 6.07) is 14.4. The average Bonchev–Trinajstić information content (AvgIpc) is 3.05. The molecule has 0 N–H and O–H groups in total. The molecule has 3 heterocycles. The fourth-order valence-electron chi connectivity index (χ4n) is 6.47. The standard InChI is InChI=1S/C33H31F6N2O3.CHF3O3S/c1-43-31(42)23-9-3-2-8-22(23)30-24-16-20-6-4-12-40(14-10-32(34,35)36)26(20)18-28(24)44-29-19-27-21(17-25(29)30)7-5-13-41(27)15-11-33(37,38)39;2-1(3,4)8(5,6)7/h2-3,8-9,16-19H,4-7,10-15H2,1H3;(H,5,6,7)/q+1;/p-1. The normalized spacial score (nSPS) is 15.7. The smallest absolute Gasteiger partial charge is 0.485 e. The molecule has 3 aliphatic heterocycles. The Labute approximate surface area is 291 Å². The van der Waals surface area contributed by atoms with Gasteiger partial charge in [0.25, 0.3) is 0 Å². The van der Waals surface area contributed by atoms with Gasteiger partial charge in [0.05, 0.1) is 25.2 Å². The lowest BCUT2D eigenvalue weighted by Gasteiger charge is -2.33. The Morgan fingerprint density at radius 1 is 0.885 bits per heavy atom. The molecule has 6 rings (SSSR count). The van der Waals surface area contributed by atoms with Crippen LogP contribution in [0.5, 0.6) is 11.5 Å². The first kappa shape index (κ1) is 38.9. The van der Waals surface area contributed by atoms with E-state index in [2.05, 4.69) is 0 Å². The van der Waals surface area contributed by atoms with Crippen molar-refractivity contribution in [3.63, 3.8) is 0 Å². The number of anilines is 1. The van der Waals surface area contributed by atoms with Gasteiger partial charge in [0, 0.05) is 53.2 Å². The molecule has 0 fully saturated rings. The van der Waals surface area contributed by atoms with Crippen LogP contribution in [0.4, 0.5) is 45.2 Å². The molecule has 0 spiro atoms. The first-order valence-electron chi connectivity index (χ1n) is 15.9. The van der Waals surface area contributed by atoms with Gasteiger partial charge in [0.1, 0.15) is 24.5 Å². The number of benzene rings is 3. The van der Waals surface area contributed by atoms with Crippen LogP contribution in [-0.4, -0.2) is 70.1 Å². The van der Waals surface area contributed by atoms with Crippen LogP contribution in [0.25, 0.3) is 5.57 Å². The van der Waals surface area contributed by atoms with Crippen molar-refractivity contribution in [2.75, 3.05) is 38.2 Å². The van der Waals surface area contributed by atoms with Crippen LogP contribution in [0.2, 0.25) is 0 Å². The second-order valence-electron chi connectivity index (χ2n) is 12.3.